The van der Waals surface area contributed by atoms with E-state index in [1.54, 1.807) is 30.3 Å². The van der Waals surface area contributed by atoms with E-state index in [1.807, 2.05) is 32.1 Å². The summed E-state index contributed by atoms with van der Waals surface area (Å²) in [5, 5.41) is 11.6. The number of alkyl carbamates (subject to hydrolysis) is 1. The van der Waals surface area contributed by atoms with Gasteiger partial charge in [-0.3, -0.25) is 4.40 Å². The molecule has 3 heterocycles. The first-order valence-electron chi connectivity index (χ1n) is 11.6. The second-order valence-electron chi connectivity index (χ2n) is 10.0. The van der Waals surface area contributed by atoms with E-state index < -0.39 is 21.7 Å². The van der Waals surface area contributed by atoms with Crippen molar-refractivity contribution in [1.29, 1.82) is 0 Å². The number of carbonyl (C=O) groups excluding carboxylic acids is 1. The predicted molar refractivity (Wildman–Crippen MR) is 130 cm³/mol. The van der Waals surface area contributed by atoms with E-state index in [9.17, 15) is 13.2 Å². The van der Waals surface area contributed by atoms with Crippen molar-refractivity contribution in [3.05, 3.63) is 54.1 Å². The second kappa shape index (κ2) is 8.33. The van der Waals surface area contributed by atoms with Gasteiger partial charge in [-0.05, 0) is 65.2 Å². The van der Waals surface area contributed by atoms with Gasteiger partial charge in [-0.25, -0.2) is 22.2 Å². The molecule has 3 aromatic heterocycles. The van der Waals surface area contributed by atoms with Gasteiger partial charge in [-0.15, -0.1) is 10.2 Å². The van der Waals surface area contributed by atoms with Gasteiger partial charge >= 0.3 is 6.09 Å². The lowest BCUT2D eigenvalue weighted by atomic mass is 10.1. The van der Waals surface area contributed by atoms with Crippen molar-refractivity contribution in [3.8, 4) is 0 Å². The first-order valence-corrected chi connectivity index (χ1v) is 13.0. The number of nitrogens with one attached hydrogen (secondary N) is 1. The predicted octanol–water partition coefficient (Wildman–Crippen LogP) is 3.79. The topological polar surface area (TPSA) is 120 Å². The van der Waals surface area contributed by atoms with Crippen LogP contribution >= 0.6 is 0 Å². The van der Waals surface area contributed by atoms with Crippen molar-refractivity contribution in [2.45, 2.75) is 69.4 Å². The van der Waals surface area contributed by atoms with E-state index in [-0.39, 0.29) is 16.9 Å². The molecule has 1 aliphatic rings. The Kier molecular flexibility index (Phi) is 5.54. The third-order valence-corrected chi connectivity index (χ3v) is 7.84. The summed E-state index contributed by atoms with van der Waals surface area (Å²) in [5.41, 5.74) is 1.88. The molecule has 5 rings (SSSR count). The molecule has 0 aliphatic heterocycles. The van der Waals surface area contributed by atoms with Crippen molar-refractivity contribution in [3.63, 3.8) is 0 Å². The SMILES string of the molecule is Cc1ccc(S(=O)(=O)n2ccc3c2ncc2nnc([C@@H]4CC[C@H](NC(=O)OC(C)(C)C)C4)n23)cc1. The smallest absolute Gasteiger partial charge is 0.407 e. The average molecular weight is 497 g/mol. The summed E-state index contributed by atoms with van der Waals surface area (Å²) in [6, 6.07) is 8.41. The van der Waals surface area contributed by atoms with E-state index in [0.29, 0.717) is 23.2 Å². The number of hydrogen-bond donors (Lipinski definition) is 1. The average Bonchev–Trinajstić information content (AvgIpc) is 3.49. The van der Waals surface area contributed by atoms with Crippen molar-refractivity contribution in [2.24, 2.45) is 0 Å². The lowest BCUT2D eigenvalue weighted by Gasteiger charge is -2.21. The lowest BCUT2D eigenvalue weighted by molar-refractivity contribution is 0.0505. The molecule has 1 aliphatic carbocycles. The fourth-order valence-electron chi connectivity index (χ4n) is 4.56. The van der Waals surface area contributed by atoms with E-state index in [4.69, 9.17) is 4.74 Å². The molecule has 1 N–H and O–H groups in total. The number of aromatic nitrogens is 5. The maximum Gasteiger partial charge on any atom is 0.407 e. The molecule has 1 fully saturated rings. The van der Waals surface area contributed by atoms with Crippen LogP contribution in [0.4, 0.5) is 4.79 Å². The zero-order chi connectivity index (χ0) is 25.0. The number of amides is 1. The molecule has 11 heteroatoms. The Hall–Kier alpha value is -3.47. The zero-order valence-electron chi connectivity index (χ0n) is 20.1. The van der Waals surface area contributed by atoms with Crippen LogP contribution < -0.4 is 5.32 Å². The fourth-order valence-corrected chi connectivity index (χ4v) is 5.85. The van der Waals surface area contributed by atoms with Crippen LogP contribution in [0.15, 0.2) is 47.6 Å². The zero-order valence-corrected chi connectivity index (χ0v) is 20.9. The molecule has 0 spiro atoms. The quantitative estimate of drug-likeness (QED) is 0.456. The minimum Gasteiger partial charge on any atom is -0.444 e. The van der Waals surface area contributed by atoms with Gasteiger partial charge in [0.05, 0.1) is 16.6 Å². The largest absolute Gasteiger partial charge is 0.444 e. The Bertz CT molecular complexity index is 1520. The lowest BCUT2D eigenvalue weighted by Crippen LogP contribution is -2.37. The summed E-state index contributed by atoms with van der Waals surface area (Å²) in [7, 11) is -3.82. The molecule has 35 heavy (non-hydrogen) atoms. The van der Waals surface area contributed by atoms with Gasteiger partial charge in [0.1, 0.15) is 11.4 Å². The van der Waals surface area contributed by atoms with E-state index in [2.05, 4.69) is 20.5 Å². The number of fused-ring (bicyclic) bond motifs is 3. The van der Waals surface area contributed by atoms with Crippen LogP contribution in [0.25, 0.3) is 16.8 Å². The van der Waals surface area contributed by atoms with Gasteiger partial charge in [0.25, 0.3) is 10.0 Å². The summed E-state index contributed by atoms with van der Waals surface area (Å²) < 4.78 is 35.1. The third-order valence-electron chi connectivity index (χ3n) is 6.16. The molecular weight excluding hydrogens is 468 g/mol. The molecule has 10 nitrogen and oxygen atoms in total. The van der Waals surface area contributed by atoms with E-state index in [0.717, 1.165) is 24.2 Å². The molecule has 184 valence electrons. The molecule has 1 amide bonds. The molecule has 2 atom stereocenters. The molecular formula is C24H28N6O4S. The Labute approximate surface area is 203 Å². The Morgan fingerprint density at radius 1 is 1.11 bits per heavy atom. The molecule has 4 aromatic rings. The number of benzene rings is 1. The highest BCUT2D eigenvalue weighted by molar-refractivity contribution is 7.90. The van der Waals surface area contributed by atoms with Gasteiger partial charge in [0.2, 0.25) is 0 Å². The number of hydrogen-bond acceptors (Lipinski definition) is 7. The number of nitrogens with zero attached hydrogens (tertiary/aromatic N) is 5. The Morgan fingerprint density at radius 2 is 1.86 bits per heavy atom. The maximum atomic E-state index is 13.3. The molecule has 0 radical (unpaired) electrons. The molecule has 1 saturated carbocycles. The van der Waals surface area contributed by atoms with Crippen LogP contribution in [-0.2, 0) is 14.8 Å². The highest BCUT2D eigenvalue weighted by atomic mass is 32.2. The summed E-state index contributed by atoms with van der Waals surface area (Å²) >= 11 is 0. The highest BCUT2D eigenvalue weighted by Gasteiger charge is 2.32. The summed E-state index contributed by atoms with van der Waals surface area (Å²) in [6.45, 7) is 7.40. The summed E-state index contributed by atoms with van der Waals surface area (Å²) in [4.78, 5) is 16.8. The van der Waals surface area contributed by atoms with Gasteiger partial charge in [-0.2, -0.15) is 0 Å². The maximum absolute atomic E-state index is 13.3. The van der Waals surface area contributed by atoms with Crippen LogP contribution in [0.1, 0.15) is 57.3 Å². The highest BCUT2D eigenvalue weighted by Crippen LogP contribution is 2.35. The molecule has 0 bridgehead atoms. The normalized spacial score (nSPS) is 18.9. The van der Waals surface area contributed by atoms with E-state index in [1.165, 1.54) is 16.4 Å². The molecule has 0 saturated heterocycles. The molecule has 1 aromatic carbocycles. The van der Waals surface area contributed by atoms with Crippen molar-refractivity contribution in [1.82, 2.24) is 28.9 Å². The Balaban J connectivity index is 1.46. The van der Waals surface area contributed by atoms with E-state index >= 15 is 0 Å². The summed E-state index contributed by atoms with van der Waals surface area (Å²) in [5.74, 6) is 0.777. The Morgan fingerprint density at radius 3 is 2.57 bits per heavy atom. The fraction of sp³-hybridized carbons (Fsp3) is 0.417. The van der Waals surface area contributed by atoms with Crippen molar-refractivity contribution in [2.75, 3.05) is 0 Å². The van der Waals surface area contributed by atoms with Gasteiger partial charge < -0.3 is 10.1 Å². The summed E-state index contributed by atoms with van der Waals surface area (Å²) in [6.07, 6.45) is 4.90. The number of ether oxygens (including phenoxy) is 1. The van der Waals surface area contributed by atoms with Crippen molar-refractivity contribution >= 4 is 32.9 Å². The number of aryl methyl sites for hydroxylation is 1. The first-order chi connectivity index (χ1) is 16.5. The van der Waals surface area contributed by atoms with Crippen LogP contribution in [-0.4, -0.2) is 49.7 Å². The van der Waals surface area contributed by atoms with Crippen LogP contribution in [0.5, 0.6) is 0 Å². The van der Waals surface area contributed by atoms with Gasteiger partial charge in [-0.1, -0.05) is 17.7 Å². The third kappa shape index (κ3) is 4.36. The van der Waals surface area contributed by atoms with Crippen LogP contribution in [0.3, 0.4) is 0 Å². The second-order valence-corrected chi connectivity index (χ2v) is 11.8. The molecule has 0 unspecified atom stereocenters. The number of rotatable bonds is 4. The minimum absolute atomic E-state index is 0.0361. The first kappa shape index (κ1) is 23.3. The monoisotopic (exact) mass is 496 g/mol. The van der Waals surface area contributed by atoms with Crippen LogP contribution in [0, 0.1) is 6.92 Å². The van der Waals surface area contributed by atoms with Crippen LogP contribution in [0.2, 0.25) is 0 Å². The standard InChI is InChI=1S/C24H28N6O4S/c1-15-5-9-18(10-6-15)35(32,33)29-12-11-19-22(29)25-14-20-27-28-21(30(19)20)16-7-8-17(13-16)26-23(31)34-24(2,3)4/h5-6,9-12,14,16-17H,7-8,13H2,1-4H3,(H,26,31)/t16-,17+/m1/s1. The van der Waals surface area contributed by atoms with Gasteiger partial charge in [0.15, 0.2) is 11.3 Å². The van der Waals surface area contributed by atoms with Crippen molar-refractivity contribution < 1.29 is 17.9 Å². The minimum atomic E-state index is -3.82. The number of carbonyl (C=O) groups is 1. The van der Waals surface area contributed by atoms with Gasteiger partial charge in [0, 0.05) is 18.2 Å².